The molecule has 1 unspecified atom stereocenters. The van der Waals surface area contributed by atoms with Crippen molar-refractivity contribution in [1.82, 2.24) is 4.90 Å². The molecular formula is C21H23IN2O2. The number of nitrogens with zero attached hydrogens (tertiary/aromatic N) is 1. The summed E-state index contributed by atoms with van der Waals surface area (Å²) in [5.74, 6) is -0.0483. The minimum Gasteiger partial charge on any atom is -0.342 e. The fourth-order valence-electron chi connectivity index (χ4n) is 3.30. The van der Waals surface area contributed by atoms with Gasteiger partial charge in [0.25, 0.3) is 0 Å². The molecule has 0 bridgehead atoms. The van der Waals surface area contributed by atoms with Crippen LogP contribution < -0.4 is 5.32 Å². The van der Waals surface area contributed by atoms with Gasteiger partial charge < -0.3 is 10.2 Å². The van der Waals surface area contributed by atoms with Crippen molar-refractivity contribution in [1.29, 1.82) is 0 Å². The highest BCUT2D eigenvalue weighted by Gasteiger charge is 2.28. The molecule has 0 aliphatic carbocycles. The highest BCUT2D eigenvalue weighted by molar-refractivity contribution is 14.1. The van der Waals surface area contributed by atoms with E-state index in [1.807, 2.05) is 60.4 Å². The van der Waals surface area contributed by atoms with E-state index in [0.717, 1.165) is 39.8 Å². The van der Waals surface area contributed by atoms with Crippen LogP contribution in [-0.4, -0.2) is 29.8 Å². The fraction of sp³-hybridized carbons (Fsp3) is 0.333. The summed E-state index contributed by atoms with van der Waals surface area (Å²) in [6.07, 6.45) is 2.08. The van der Waals surface area contributed by atoms with Crippen molar-refractivity contribution in [3.05, 3.63) is 63.2 Å². The highest BCUT2D eigenvalue weighted by atomic mass is 127. The lowest BCUT2D eigenvalue weighted by Gasteiger charge is -2.32. The van der Waals surface area contributed by atoms with Crippen LogP contribution >= 0.6 is 22.6 Å². The van der Waals surface area contributed by atoms with Crippen LogP contribution in [0.1, 0.15) is 24.0 Å². The number of benzene rings is 2. The molecule has 0 radical (unpaired) electrons. The Morgan fingerprint density at radius 2 is 1.96 bits per heavy atom. The zero-order valence-electron chi connectivity index (χ0n) is 14.9. The lowest BCUT2D eigenvalue weighted by atomic mass is 9.96. The van der Waals surface area contributed by atoms with Crippen molar-refractivity contribution < 1.29 is 9.59 Å². The average Bonchev–Trinajstić information content (AvgIpc) is 2.65. The highest BCUT2D eigenvalue weighted by Crippen LogP contribution is 2.22. The molecule has 2 aromatic rings. The molecule has 0 spiro atoms. The van der Waals surface area contributed by atoms with Crippen LogP contribution in [0.5, 0.6) is 0 Å². The number of carbonyl (C=O) groups excluding carboxylic acids is 2. The molecule has 2 aromatic carbocycles. The minimum absolute atomic E-state index is 0.00604. The van der Waals surface area contributed by atoms with Gasteiger partial charge in [0.2, 0.25) is 11.8 Å². The Hall–Kier alpha value is -1.89. The summed E-state index contributed by atoms with van der Waals surface area (Å²) in [5, 5.41) is 3.04. The van der Waals surface area contributed by atoms with Crippen LogP contribution in [0.4, 0.5) is 5.69 Å². The number of hydrogen-bond acceptors (Lipinski definition) is 2. The van der Waals surface area contributed by atoms with E-state index in [9.17, 15) is 9.59 Å². The molecular weight excluding hydrogens is 439 g/mol. The molecule has 2 amide bonds. The Morgan fingerprint density at radius 3 is 2.69 bits per heavy atom. The van der Waals surface area contributed by atoms with Crippen molar-refractivity contribution in [2.24, 2.45) is 5.92 Å². The van der Waals surface area contributed by atoms with Gasteiger partial charge in [-0.05, 0) is 71.7 Å². The van der Waals surface area contributed by atoms with Gasteiger partial charge in [-0.1, -0.05) is 30.3 Å². The van der Waals surface area contributed by atoms with Gasteiger partial charge in [0.05, 0.1) is 12.3 Å². The third kappa shape index (κ3) is 4.84. The van der Waals surface area contributed by atoms with E-state index in [-0.39, 0.29) is 17.7 Å². The molecule has 136 valence electrons. The van der Waals surface area contributed by atoms with E-state index in [1.165, 1.54) is 0 Å². The number of likely N-dealkylation sites (tertiary alicyclic amines) is 1. The van der Waals surface area contributed by atoms with Crippen LogP contribution in [0.25, 0.3) is 0 Å². The molecule has 1 aliphatic heterocycles. The number of carbonyl (C=O) groups is 2. The minimum atomic E-state index is -0.151. The molecule has 1 heterocycles. The lowest BCUT2D eigenvalue weighted by molar-refractivity contribution is -0.133. The number of halogens is 1. The molecule has 1 atom stereocenters. The normalized spacial score (nSPS) is 17.0. The van der Waals surface area contributed by atoms with Crippen LogP contribution in [0, 0.1) is 16.4 Å². The van der Waals surface area contributed by atoms with Crippen molar-refractivity contribution in [2.45, 2.75) is 26.2 Å². The number of nitrogens with one attached hydrogen (secondary N) is 1. The van der Waals surface area contributed by atoms with Gasteiger partial charge >= 0.3 is 0 Å². The van der Waals surface area contributed by atoms with E-state index in [0.29, 0.717) is 13.0 Å². The molecule has 5 heteroatoms. The number of amides is 2. The summed E-state index contributed by atoms with van der Waals surface area (Å²) in [7, 11) is 0. The monoisotopic (exact) mass is 462 g/mol. The molecule has 0 saturated carbocycles. The number of hydrogen-bond donors (Lipinski definition) is 1. The largest absolute Gasteiger partial charge is 0.342 e. The molecule has 0 aromatic heterocycles. The zero-order chi connectivity index (χ0) is 18.5. The zero-order valence-corrected chi connectivity index (χ0v) is 17.0. The number of piperidine rings is 1. The summed E-state index contributed by atoms with van der Waals surface area (Å²) in [4.78, 5) is 27.1. The molecule has 26 heavy (non-hydrogen) atoms. The Balaban J connectivity index is 1.60. The predicted octanol–water partition coefficient (Wildman–Crippen LogP) is 4.02. The summed E-state index contributed by atoms with van der Waals surface area (Å²) in [5.41, 5.74) is 2.92. The Bertz CT molecular complexity index is 792. The van der Waals surface area contributed by atoms with Gasteiger partial charge in [-0.3, -0.25) is 9.59 Å². The number of aryl methyl sites for hydroxylation is 1. The van der Waals surface area contributed by atoms with Crippen LogP contribution in [0.3, 0.4) is 0 Å². The number of rotatable bonds is 4. The van der Waals surface area contributed by atoms with Crippen molar-refractivity contribution in [3.63, 3.8) is 0 Å². The van der Waals surface area contributed by atoms with Gasteiger partial charge in [0.1, 0.15) is 0 Å². The smallest absolute Gasteiger partial charge is 0.229 e. The second-order valence-corrected chi connectivity index (χ2v) is 8.04. The second kappa shape index (κ2) is 8.66. The maximum atomic E-state index is 12.7. The first-order valence-electron chi connectivity index (χ1n) is 8.91. The van der Waals surface area contributed by atoms with E-state index >= 15 is 0 Å². The van der Waals surface area contributed by atoms with Gasteiger partial charge in [0, 0.05) is 22.3 Å². The molecule has 1 fully saturated rings. The average molecular weight is 462 g/mol. The third-order valence-corrected chi connectivity index (χ3v) is 5.46. The van der Waals surface area contributed by atoms with Crippen LogP contribution in [-0.2, 0) is 16.0 Å². The van der Waals surface area contributed by atoms with Gasteiger partial charge in [0.15, 0.2) is 0 Å². The summed E-state index contributed by atoms with van der Waals surface area (Å²) >= 11 is 2.26. The maximum Gasteiger partial charge on any atom is 0.229 e. The van der Waals surface area contributed by atoms with Gasteiger partial charge in [-0.2, -0.15) is 0 Å². The quantitative estimate of drug-likeness (QED) is 0.699. The Kier molecular flexibility index (Phi) is 6.29. The standard InChI is InChI=1S/C21H23IN2O2/c1-15-12-18(22)9-10-19(15)23-21(26)17-8-5-11-24(14-17)20(25)13-16-6-3-2-4-7-16/h2-4,6-7,9-10,12,17H,5,8,11,13-14H2,1H3,(H,23,26). The Labute approximate surface area is 168 Å². The van der Waals surface area contributed by atoms with Crippen molar-refractivity contribution >= 4 is 40.1 Å². The summed E-state index contributed by atoms with van der Waals surface area (Å²) < 4.78 is 1.15. The summed E-state index contributed by atoms with van der Waals surface area (Å²) in [6, 6.07) is 15.7. The van der Waals surface area contributed by atoms with E-state index in [1.54, 1.807) is 0 Å². The predicted molar refractivity (Wildman–Crippen MR) is 112 cm³/mol. The Morgan fingerprint density at radius 1 is 1.19 bits per heavy atom. The van der Waals surface area contributed by atoms with Crippen molar-refractivity contribution in [3.8, 4) is 0 Å². The fourth-order valence-corrected chi connectivity index (χ4v) is 3.95. The SMILES string of the molecule is Cc1cc(I)ccc1NC(=O)C1CCCN(C(=O)Cc2ccccc2)C1. The van der Waals surface area contributed by atoms with E-state index in [2.05, 4.69) is 27.9 Å². The van der Waals surface area contributed by atoms with E-state index < -0.39 is 0 Å². The molecule has 1 saturated heterocycles. The van der Waals surface area contributed by atoms with Crippen LogP contribution in [0.15, 0.2) is 48.5 Å². The first-order chi connectivity index (χ1) is 12.5. The van der Waals surface area contributed by atoms with Crippen molar-refractivity contribution in [2.75, 3.05) is 18.4 Å². The third-order valence-electron chi connectivity index (χ3n) is 4.79. The topological polar surface area (TPSA) is 49.4 Å². The second-order valence-electron chi connectivity index (χ2n) is 6.79. The lowest BCUT2D eigenvalue weighted by Crippen LogP contribution is -2.44. The van der Waals surface area contributed by atoms with Gasteiger partial charge in [-0.25, -0.2) is 0 Å². The maximum absolute atomic E-state index is 12.7. The first kappa shape index (κ1) is 18.9. The summed E-state index contributed by atoms with van der Waals surface area (Å²) in [6.45, 7) is 3.23. The van der Waals surface area contributed by atoms with Gasteiger partial charge in [-0.15, -0.1) is 0 Å². The molecule has 4 nitrogen and oxygen atoms in total. The molecule has 1 N–H and O–H groups in total. The number of anilines is 1. The van der Waals surface area contributed by atoms with Crippen LogP contribution in [0.2, 0.25) is 0 Å². The molecule has 3 rings (SSSR count). The first-order valence-corrected chi connectivity index (χ1v) is 9.99. The van der Waals surface area contributed by atoms with E-state index in [4.69, 9.17) is 0 Å². The molecule has 1 aliphatic rings.